The molecule has 0 amide bonds. The van der Waals surface area contributed by atoms with Gasteiger partial charge in [-0.05, 0) is 49.6 Å². The quantitative estimate of drug-likeness (QED) is 0.791. The average molecular weight is 249 g/mol. The molecule has 0 aliphatic heterocycles. The molecule has 1 unspecified atom stereocenters. The molecule has 0 fully saturated rings. The Morgan fingerprint density at radius 3 is 2.50 bits per heavy atom. The first-order valence-corrected chi connectivity index (χ1v) is 7.00. The Morgan fingerprint density at radius 1 is 1.28 bits per heavy atom. The van der Waals surface area contributed by atoms with Gasteiger partial charge in [0.05, 0.1) is 0 Å². The van der Waals surface area contributed by atoms with Gasteiger partial charge >= 0.3 is 0 Å². The predicted molar refractivity (Wildman–Crippen MR) is 78.5 cm³/mol. The first kappa shape index (κ1) is 15.0. The van der Waals surface area contributed by atoms with E-state index >= 15 is 0 Å². The van der Waals surface area contributed by atoms with Crippen LogP contribution in [0.2, 0.25) is 0 Å². The molecule has 0 aliphatic rings. The minimum Gasteiger partial charge on any atom is -0.489 e. The van der Waals surface area contributed by atoms with E-state index in [1.165, 1.54) is 11.1 Å². The first-order valence-electron chi connectivity index (χ1n) is 7.00. The van der Waals surface area contributed by atoms with Crippen molar-refractivity contribution < 1.29 is 4.74 Å². The van der Waals surface area contributed by atoms with Crippen molar-refractivity contribution in [2.24, 2.45) is 0 Å². The van der Waals surface area contributed by atoms with Crippen LogP contribution in [0.15, 0.2) is 18.2 Å². The standard InChI is InChI=1S/C16H27NO/c1-6-7-15(11-17-5)18-14-8-9-16(12(2)3)13(4)10-14/h8-10,12,15,17H,6-7,11H2,1-5H3. The van der Waals surface area contributed by atoms with Crippen molar-refractivity contribution in [3.63, 3.8) is 0 Å². The van der Waals surface area contributed by atoms with Crippen LogP contribution in [0, 0.1) is 6.92 Å². The Bertz CT molecular complexity index is 354. The molecule has 102 valence electrons. The highest BCUT2D eigenvalue weighted by Crippen LogP contribution is 2.24. The molecule has 18 heavy (non-hydrogen) atoms. The van der Waals surface area contributed by atoms with Gasteiger partial charge < -0.3 is 10.1 Å². The Balaban J connectivity index is 2.74. The fourth-order valence-electron chi connectivity index (χ4n) is 2.31. The number of aryl methyl sites for hydroxylation is 1. The molecular weight excluding hydrogens is 222 g/mol. The Kier molecular flexibility index (Phi) is 6.20. The summed E-state index contributed by atoms with van der Waals surface area (Å²) in [5.41, 5.74) is 2.73. The van der Waals surface area contributed by atoms with Crippen LogP contribution in [0.25, 0.3) is 0 Å². The van der Waals surface area contributed by atoms with Crippen LogP contribution in [-0.4, -0.2) is 19.7 Å². The second-order valence-corrected chi connectivity index (χ2v) is 5.26. The van der Waals surface area contributed by atoms with Crippen LogP contribution < -0.4 is 10.1 Å². The van der Waals surface area contributed by atoms with Crippen LogP contribution >= 0.6 is 0 Å². The molecule has 2 nitrogen and oxygen atoms in total. The van der Waals surface area contributed by atoms with Gasteiger partial charge in [-0.1, -0.05) is 33.3 Å². The summed E-state index contributed by atoms with van der Waals surface area (Å²) in [5.74, 6) is 1.56. The van der Waals surface area contributed by atoms with Crippen molar-refractivity contribution in [2.45, 2.75) is 52.6 Å². The predicted octanol–water partition coefficient (Wildman–Crippen LogP) is 3.89. The molecule has 1 N–H and O–H groups in total. The van der Waals surface area contributed by atoms with Crippen LogP contribution in [0.4, 0.5) is 0 Å². The molecule has 1 rings (SSSR count). The average Bonchev–Trinajstić information content (AvgIpc) is 2.29. The lowest BCUT2D eigenvalue weighted by Gasteiger charge is -2.19. The molecule has 1 aromatic rings. The monoisotopic (exact) mass is 249 g/mol. The SMILES string of the molecule is CCCC(CNC)Oc1ccc(C(C)C)c(C)c1. The van der Waals surface area contributed by atoms with Gasteiger partial charge in [-0.25, -0.2) is 0 Å². The minimum absolute atomic E-state index is 0.268. The van der Waals surface area contributed by atoms with E-state index in [0.29, 0.717) is 5.92 Å². The minimum atomic E-state index is 0.268. The molecule has 0 aromatic heterocycles. The molecule has 0 radical (unpaired) electrons. The molecule has 0 saturated carbocycles. The van der Waals surface area contributed by atoms with Crippen molar-refractivity contribution in [1.29, 1.82) is 0 Å². The van der Waals surface area contributed by atoms with E-state index in [2.05, 4.69) is 51.2 Å². The van der Waals surface area contributed by atoms with Crippen LogP contribution in [-0.2, 0) is 0 Å². The number of ether oxygens (including phenoxy) is 1. The number of hydrogen-bond donors (Lipinski definition) is 1. The zero-order chi connectivity index (χ0) is 13.5. The number of nitrogens with one attached hydrogen (secondary N) is 1. The molecule has 0 saturated heterocycles. The third-order valence-corrected chi connectivity index (χ3v) is 3.21. The Labute approximate surface area is 112 Å². The highest BCUT2D eigenvalue weighted by molar-refractivity contribution is 5.36. The molecule has 0 spiro atoms. The van der Waals surface area contributed by atoms with Gasteiger partial charge in [-0.3, -0.25) is 0 Å². The smallest absolute Gasteiger partial charge is 0.120 e. The molecule has 0 aliphatic carbocycles. The molecule has 1 aromatic carbocycles. The van der Waals surface area contributed by atoms with Crippen molar-refractivity contribution in [2.75, 3.05) is 13.6 Å². The molecule has 1 atom stereocenters. The van der Waals surface area contributed by atoms with Crippen molar-refractivity contribution in [3.05, 3.63) is 29.3 Å². The lowest BCUT2D eigenvalue weighted by Crippen LogP contribution is -2.29. The first-order chi connectivity index (χ1) is 8.58. The largest absolute Gasteiger partial charge is 0.489 e. The summed E-state index contributed by atoms with van der Waals surface area (Å²) in [6, 6.07) is 6.45. The fourth-order valence-corrected chi connectivity index (χ4v) is 2.31. The van der Waals surface area contributed by atoms with Gasteiger partial charge in [0.25, 0.3) is 0 Å². The summed E-state index contributed by atoms with van der Waals surface area (Å²) in [6.07, 6.45) is 2.51. The summed E-state index contributed by atoms with van der Waals surface area (Å²) in [7, 11) is 1.97. The maximum absolute atomic E-state index is 6.05. The molecule has 2 heteroatoms. The number of rotatable bonds is 7. The molecular formula is C16H27NO. The van der Waals surface area contributed by atoms with E-state index in [-0.39, 0.29) is 6.10 Å². The zero-order valence-corrected chi connectivity index (χ0v) is 12.4. The third kappa shape index (κ3) is 4.34. The van der Waals surface area contributed by atoms with Gasteiger partial charge in [-0.2, -0.15) is 0 Å². The summed E-state index contributed by atoms with van der Waals surface area (Å²) in [5, 5.41) is 3.19. The van der Waals surface area contributed by atoms with E-state index in [0.717, 1.165) is 25.1 Å². The third-order valence-electron chi connectivity index (χ3n) is 3.21. The summed E-state index contributed by atoms with van der Waals surface area (Å²) in [6.45, 7) is 9.71. The lowest BCUT2D eigenvalue weighted by atomic mass is 9.98. The molecule has 0 bridgehead atoms. The lowest BCUT2D eigenvalue weighted by molar-refractivity contribution is 0.189. The van der Waals surface area contributed by atoms with Gasteiger partial charge in [0.1, 0.15) is 11.9 Å². The van der Waals surface area contributed by atoms with Crippen molar-refractivity contribution in [3.8, 4) is 5.75 Å². The summed E-state index contributed by atoms with van der Waals surface area (Å²) < 4.78 is 6.05. The van der Waals surface area contributed by atoms with E-state index in [4.69, 9.17) is 4.74 Å². The highest BCUT2D eigenvalue weighted by Gasteiger charge is 2.10. The van der Waals surface area contributed by atoms with Crippen LogP contribution in [0.1, 0.15) is 50.7 Å². The summed E-state index contributed by atoms with van der Waals surface area (Å²) >= 11 is 0. The maximum Gasteiger partial charge on any atom is 0.120 e. The van der Waals surface area contributed by atoms with E-state index < -0.39 is 0 Å². The van der Waals surface area contributed by atoms with Gasteiger partial charge in [0, 0.05) is 6.54 Å². The van der Waals surface area contributed by atoms with Gasteiger partial charge in [0.2, 0.25) is 0 Å². The van der Waals surface area contributed by atoms with Gasteiger partial charge in [-0.15, -0.1) is 0 Å². The van der Waals surface area contributed by atoms with Crippen molar-refractivity contribution >= 4 is 0 Å². The highest BCUT2D eigenvalue weighted by atomic mass is 16.5. The Morgan fingerprint density at radius 2 is 2.00 bits per heavy atom. The normalized spacial score (nSPS) is 12.8. The van der Waals surface area contributed by atoms with Crippen molar-refractivity contribution in [1.82, 2.24) is 5.32 Å². The Hall–Kier alpha value is -1.02. The van der Waals surface area contributed by atoms with Gasteiger partial charge in [0.15, 0.2) is 0 Å². The van der Waals surface area contributed by atoms with E-state index in [1.807, 2.05) is 7.05 Å². The van der Waals surface area contributed by atoms with E-state index in [9.17, 15) is 0 Å². The van der Waals surface area contributed by atoms with Crippen LogP contribution in [0.5, 0.6) is 5.75 Å². The number of hydrogen-bond acceptors (Lipinski definition) is 2. The topological polar surface area (TPSA) is 21.3 Å². The maximum atomic E-state index is 6.05. The number of benzene rings is 1. The zero-order valence-electron chi connectivity index (χ0n) is 12.4. The fraction of sp³-hybridized carbons (Fsp3) is 0.625. The second kappa shape index (κ2) is 7.42. The second-order valence-electron chi connectivity index (χ2n) is 5.26. The number of likely N-dealkylation sites (N-methyl/N-ethyl adjacent to an activating group) is 1. The van der Waals surface area contributed by atoms with Crippen LogP contribution in [0.3, 0.4) is 0 Å². The molecule has 0 heterocycles. The van der Waals surface area contributed by atoms with E-state index in [1.54, 1.807) is 0 Å². The summed E-state index contributed by atoms with van der Waals surface area (Å²) in [4.78, 5) is 0.